The Kier molecular flexibility index (Phi) is 5.17. The number of rotatable bonds is 5. The van der Waals surface area contributed by atoms with E-state index in [1.165, 1.54) is 14.0 Å². The van der Waals surface area contributed by atoms with E-state index in [0.717, 1.165) is 0 Å². The predicted octanol–water partition coefficient (Wildman–Crippen LogP) is 1.38. The Morgan fingerprint density at radius 2 is 2.00 bits per heavy atom. The van der Waals surface area contributed by atoms with Gasteiger partial charge in [0.05, 0.1) is 7.11 Å². The second kappa shape index (κ2) is 6.64. The van der Waals surface area contributed by atoms with Crippen molar-refractivity contribution in [1.82, 2.24) is 5.32 Å². The number of nitrogens with one attached hydrogen (secondary N) is 1. The highest BCUT2D eigenvalue weighted by molar-refractivity contribution is 5.94. The summed E-state index contributed by atoms with van der Waals surface area (Å²) in [6, 6.07) is 6.71. The Morgan fingerprint density at radius 3 is 2.61 bits per heavy atom. The monoisotopic (exact) mass is 251 g/mol. The van der Waals surface area contributed by atoms with Crippen molar-refractivity contribution in [3.05, 3.63) is 29.8 Å². The number of likely N-dealkylation sites (N-methyl/N-ethyl adjacent to an activating group) is 1. The van der Waals surface area contributed by atoms with Crippen molar-refractivity contribution in [1.29, 1.82) is 0 Å². The third-order valence-electron chi connectivity index (χ3n) is 2.33. The van der Waals surface area contributed by atoms with Gasteiger partial charge in [-0.05, 0) is 26.0 Å². The zero-order valence-electron chi connectivity index (χ0n) is 10.7. The topological polar surface area (TPSA) is 64.6 Å². The molecule has 18 heavy (non-hydrogen) atoms. The number of hydrogen-bond acceptors (Lipinski definition) is 4. The van der Waals surface area contributed by atoms with Crippen LogP contribution < -0.4 is 10.1 Å². The molecule has 0 bridgehead atoms. The summed E-state index contributed by atoms with van der Waals surface area (Å²) in [7, 11) is 1.47. The van der Waals surface area contributed by atoms with Gasteiger partial charge in [-0.3, -0.25) is 4.79 Å². The summed E-state index contributed by atoms with van der Waals surface area (Å²) in [5.74, 6) is -0.474. The van der Waals surface area contributed by atoms with Crippen LogP contribution in [0.4, 0.5) is 0 Å². The van der Waals surface area contributed by atoms with E-state index in [1.807, 2.05) is 0 Å². The molecule has 98 valence electrons. The smallest absolute Gasteiger partial charge is 0.342 e. The van der Waals surface area contributed by atoms with Crippen molar-refractivity contribution in [2.75, 3.05) is 13.7 Å². The van der Waals surface area contributed by atoms with Crippen LogP contribution in [0.25, 0.3) is 0 Å². The van der Waals surface area contributed by atoms with E-state index in [2.05, 4.69) is 5.32 Å². The molecule has 5 heteroatoms. The van der Waals surface area contributed by atoms with E-state index < -0.39 is 12.1 Å². The van der Waals surface area contributed by atoms with Gasteiger partial charge in [-0.1, -0.05) is 12.1 Å². The average Bonchev–Trinajstić information content (AvgIpc) is 2.38. The normalized spacial score (nSPS) is 11.5. The Morgan fingerprint density at radius 1 is 1.33 bits per heavy atom. The quantitative estimate of drug-likeness (QED) is 0.803. The van der Waals surface area contributed by atoms with Gasteiger partial charge >= 0.3 is 5.97 Å². The molecule has 1 atom stereocenters. The van der Waals surface area contributed by atoms with Crippen molar-refractivity contribution in [3.8, 4) is 5.75 Å². The number of carbonyl (C=O) groups excluding carboxylic acids is 2. The van der Waals surface area contributed by atoms with Crippen LogP contribution in [0.1, 0.15) is 24.2 Å². The van der Waals surface area contributed by atoms with Crippen LogP contribution >= 0.6 is 0 Å². The largest absolute Gasteiger partial charge is 0.496 e. The minimum Gasteiger partial charge on any atom is -0.496 e. The number of hydrogen-bond donors (Lipinski definition) is 1. The third kappa shape index (κ3) is 3.48. The number of amides is 1. The number of esters is 1. The zero-order valence-corrected chi connectivity index (χ0v) is 10.7. The Hall–Kier alpha value is -2.04. The molecule has 1 aromatic carbocycles. The number of carbonyl (C=O) groups is 2. The van der Waals surface area contributed by atoms with E-state index in [4.69, 9.17) is 9.47 Å². The van der Waals surface area contributed by atoms with Crippen LogP contribution in [-0.2, 0) is 9.53 Å². The Labute approximate surface area is 106 Å². The lowest BCUT2D eigenvalue weighted by molar-refractivity contribution is -0.128. The predicted molar refractivity (Wildman–Crippen MR) is 66.6 cm³/mol. The molecule has 0 aromatic heterocycles. The second-order valence-electron chi connectivity index (χ2n) is 3.64. The highest BCUT2D eigenvalue weighted by atomic mass is 16.5. The summed E-state index contributed by atoms with van der Waals surface area (Å²) < 4.78 is 10.1. The van der Waals surface area contributed by atoms with Gasteiger partial charge in [0.15, 0.2) is 6.10 Å². The van der Waals surface area contributed by atoms with Crippen LogP contribution in [-0.4, -0.2) is 31.6 Å². The number of benzene rings is 1. The fraction of sp³-hybridized carbons (Fsp3) is 0.385. The molecule has 0 spiro atoms. The minimum atomic E-state index is -0.831. The second-order valence-corrected chi connectivity index (χ2v) is 3.64. The first-order chi connectivity index (χ1) is 8.60. The Bertz CT molecular complexity index is 431. The van der Waals surface area contributed by atoms with Crippen molar-refractivity contribution < 1.29 is 19.1 Å². The van der Waals surface area contributed by atoms with Crippen LogP contribution in [0.2, 0.25) is 0 Å². The van der Waals surface area contributed by atoms with Gasteiger partial charge in [-0.2, -0.15) is 0 Å². The van der Waals surface area contributed by atoms with E-state index in [-0.39, 0.29) is 5.91 Å². The molecule has 0 saturated heterocycles. The molecule has 0 unspecified atom stereocenters. The highest BCUT2D eigenvalue weighted by Crippen LogP contribution is 2.18. The summed E-state index contributed by atoms with van der Waals surface area (Å²) in [5, 5.41) is 2.58. The molecular weight excluding hydrogens is 234 g/mol. The maximum absolute atomic E-state index is 11.9. The van der Waals surface area contributed by atoms with Gasteiger partial charge in [0, 0.05) is 6.54 Å². The maximum Gasteiger partial charge on any atom is 0.342 e. The molecule has 1 N–H and O–H groups in total. The van der Waals surface area contributed by atoms with E-state index in [1.54, 1.807) is 31.2 Å². The SMILES string of the molecule is CCNC(=O)[C@H](C)OC(=O)c1ccccc1OC. The lowest BCUT2D eigenvalue weighted by atomic mass is 10.2. The number of ether oxygens (including phenoxy) is 2. The third-order valence-corrected chi connectivity index (χ3v) is 2.33. The molecule has 0 radical (unpaired) electrons. The minimum absolute atomic E-state index is 0.302. The maximum atomic E-state index is 11.9. The van der Waals surface area contributed by atoms with Gasteiger partial charge in [-0.25, -0.2) is 4.79 Å². The zero-order chi connectivity index (χ0) is 13.5. The van der Waals surface area contributed by atoms with Crippen LogP contribution in [0.5, 0.6) is 5.75 Å². The number of methoxy groups -OCH3 is 1. The molecule has 5 nitrogen and oxygen atoms in total. The van der Waals surface area contributed by atoms with Gasteiger partial charge in [0.25, 0.3) is 5.91 Å². The molecule has 0 fully saturated rings. The van der Waals surface area contributed by atoms with E-state index >= 15 is 0 Å². The lowest BCUT2D eigenvalue weighted by Gasteiger charge is -2.13. The first kappa shape index (κ1) is 14.0. The van der Waals surface area contributed by atoms with Gasteiger partial charge in [-0.15, -0.1) is 0 Å². The van der Waals surface area contributed by atoms with Crippen LogP contribution in [0.3, 0.4) is 0 Å². The van der Waals surface area contributed by atoms with Crippen LogP contribution in [0, 0.1) is 0 Å². The molecule has 0 saturated carbocycles. The average molecular weight is 251 g/mol. The fourth-order valence-corrected chi connectivity index (χ4v) is 1.41. The highest BCUT2D eigenvalue weighted by Gasteiger charge is 2.20. The molecular formula is C13H17NO4. The first-order valence-corrected chi connectivity index (χ1v) is 5.71. The fourth-order valence-electron chi connectivity index (χ4n) is 1.41. The Balaban J connectivity index is 2.73. The van der Waals surface area contributed by atoms with Crippen molar-refractivity contribution in [3.63, 3.8) is 0 Å². The molecule has 1 rings (SSSR count). The van der Waals surface area contributed by atoms with E-state index in [9.17, 15) is 9.59 Å². The first-order valence-electron chi connectivity index (χ1n) is 5.71. The molecule has 1 aromatic rings. The summed E-state index contributed by atoms with van der Waals surface area (Å²) in [4.78, 5) is 23.3. The van der Waals surface area contributed by atoms with E-state index in [0.29, 0.717) is 17.9 Å². The molecule has 0 aliphatic heterocycles. The molecule has 1 amide bonds. The lowest BCUT2D eigenvalue weighted by Crippen LogP contribution is -2.35. The van der Waals surface area contributed by atoms with Gasteiger partial charge < -0.3 is 14.8 Å². The molecule has 0 aliphatic carbocycles. The van der Waals surface area contributed by atoms with Crippen molar-refractivity contribution in [2.45, 2.75) is 20.0 Å². The van der Waals surface area contributed by atoms with Crippen LogP contribution in [0.15, 0.2) is 24.3 Å². The van der Waals surface area contributed by atoms with Gasteiger partial charge in [0.2, 0.25) is 0 Å². The van der Waals surface area contributed by atoms with Gasteiger partial charge in [0.1, 0.15) is 11.3 Å². The summed E-state index contributed by atoms with van der Waals surface area (Å²) in [5.41, 5.74) is 0.302. The summed E-state index contributed by atoms with van der Waals surface area (Å²) in [6.45, 7) is 3.82. The summed E-state index contributed by atoms with van der Waals surface area (Å²) >= 11 is 0. The summed E-state index contributed by atoms with van der Waals surface area (Å²) in [6.07, 6.45) is -0.831. The van der Waals surface area contributed by atoms with Crippen molar-refractivity contribution in [2.24, 2.45) is 0 Å². The standard InChI is InChI=1S/C13H17NO4/c1-4-14-12(15)9(2)18-13(16)10-7-5-6-8-11(10)17-3/h5-9H,4H2,1-3H3,(H,14,15)/t9-/m0/s1. The number of para-hydroxylation sites is 1. The van der Waals surface area contributed by atoms with Crippen molar-refractivity contribution >= 4 is 11.9 Å². The molecule has 0 aliphatic rings. The molecule has 0 heterocycles.